The molecule has 0 N–H and O–H groups in total. The van der Waals surface area contributed by atoms with Crippen molar-refractivity contribution in [2.24, 2.45) is 0 Å². The van der Waals surface area contributed by atoms with Crippen molar-refractivity contribution in [3.63, 3.8) is 0 Å². The summed E-state index contributed by atoms with van der Waals surface area (Å²) >= 11 is 1.48. The lowest BCUT2D eigenvalue weighted by molar-refractivity contribution is 0.329. The van der Waals surface area contributed by atoms with E-state index < -0.39 is 0 Å². The van der Waals surface area contributed by atoms with E-state index in [1.54, 1.807) is 13.3 Å². The fourth-order valence-corrected chi connectivity index (χ4v) is 2.44. The predicted octanol–water partition coefficient (Wildman–Crippen LogP) is 2.10. The summed E-state index contributed by atoms with van der Waals surface area (Å²) in [6, 6.07) is 2.38. The fraction of sp³-hybridized carbons (Fsp3) is 0.556. The first kappa shape index (κ1) is 8.52. The molecule has 0 saturated heterocycles. The maximum atomic E-state index is 9.06. The van der Waals surface area contributed by atoms with Gasteiger partial charge in [-0.1, -0.05) is 11.3 Å². The normalized spacial score (nSPS) is 18.8. The number of methoxy groups -OCH3 is 1. The number of aromatic nitrogens is 1. The van der Waals surface area contributed by atoms with Gasteiger partial charge in [-0.25, -0.2) is 4.98 Å². The first-order chi connectivity index (χ1) is 6.30. The van der Waals surface area contributed by atoms with Crippen molar-refractivity contribution in [3.05, 3.63) is 11.1 Å². The Balaban J connectivity index is 2.29. The number of hydrogen-bond donors (Lipinski definition) is 0. The van der Waals surface area contributed by atoms with Crippen LogP contribution in [0.5, 0.6) is 5.19 Å². The van der Waals surface area contributed by atoms with Crippen LogP contribution in [0.3, 0.4) is 0 Å². The van der Waals surface area contributed by atoms with Gasteiger partial charge in [-0.3, -0.25) is 0 Å². The van der Waals surface area contributed by atoms with E-state index in [1.165, 1.54) is 11.3 Å². The number of hydrogen-bond acceptors (Lipinski definition) is 4. The van der Waals surface area contributed by atoms with E-state index in [1.807, 2.05) is 0 Å². The molecule has 0 aromatic carbocycles. The number of nitriles is 1. The second-order valence-electron chi connectivity index (χ2n) is 3.24. The van der Waals surface area contributed by atoms with Gasteiger partial charge >= 0.3 is 0 Å². The molecule has 0 unspecified atom stereocenters. The highest BCUT2D eigenvalue weighted by Gasteiger charge is 2.40. The van der Waals surface area contributed by atoms with Crippen molar-refractivity contribution in [1.29, 1.82) is 5.26 Å². The average molecular weight is 194 g/mol. The molecule has 2 rings (SSSR count). The summed E-state index contributed by atoms with van der Waals surface area (Å²) in [6.07, 6.45) is 4.85. The van der Waals surface area contributed by atoms with E-state index in [0.29, 0.717) is 5.19 Å². The van der Waals surface area contributed by atoms with Crippen LogP contribution in [-0.2, 0) is 5.41 Å². The van der Waals surface area contributed by atoms with Gasteiger partial charge in [0.15, 0.2) is 0 Å². The summed E-state index contributed by atoms with van der Waals surface area (Å²) in [4.78, 5) is 5.13. The summed E-state index contributed by atoms with van der Waals surface area (Å²) in [6.45, 7) is 0. The molecular formula is C9H10N2OS. The molecule has 68 valence electrons. The lowest BCUT2D eigenvalue weighted by Gasteiger charge is -2.33. The van der Waals surface area contributed by atoms with E-state index >= 15 is 0 Å². The second-order valence-corrected chi connectivity index (χ2v) is 4.24. The minimum absolute atomic E-state index is 0.242. The molecule has 0 amide bonds. The Morgan fingerprint density at radius 3 is 2.85 bits per heavy atom. The standard InChI is InChI=1S/C9H10N2OS/c1-12-8-11-5-7(13-8)9(6-10)3-2-4-9/h5H,2-4H2,1H3. The maximum absolute atomic E-state index is 9.06. The Bertz CT molecular complexity index is 349. The first-order valence-corrected chi connectivity index (χ1v) is 5.04. The van der Waals surface area contributed by atoms with Crippen LogP contribution in [0.15, 0.2) is 6.20 Å². The number of nitrogens with zero attached hydrogens (tertiary/aromatic N) is 2. The van der Waals surface area contributed by atoms with Crippen LogP contribution in [0.4, 0.5) is 0 Å². The van der Waals surface area contributed by atoms with Crippen LogP contribution in [0.1, 0.15) is 24.1 Å². The van der Waals surface area contributed by atoms with E-state index in [0.717, 1.165) is 24.1 Å². The molecule has 1 aliphatic rings. The van der Waals surface area contributed by atoms with Gasteiger partial charge in [-0.2, -0.15) is 5.26 Å². The summed E-state index contributed by atoms with van der Waals surface area (Å²) in [5, 5.41) is 9.71. The lowest BCUT2D eigenvalue weighted by Crippen LogP contribution is -2.31. The monoisotopic (exact) mass is 194 g/mol. The molecule has 3 nitrogen and oxygen atoms in total. The van der Waals surface area contributed by atoms with Crippen molar-refractivity contribution >= 4 is 11.3 Å². The van der Waals surface area contributed by atoms with Gasteiger partial charge in [0.05, 0.1) is 18.6 Å². The average Bonchev–Trinajstić information content (AvgIpc) is 2.52. The van der Waals surface area contributed by atoms with Gasteiger partial charge in [0.25, 0.3) is 5.19 Å². The highest BCUT2D eigenvalue weighted by atomic mass is 32.1. The molecule has 0 bridgehead atoms. The van der Waals surface area contributed by atoms with Crippen LogP contribution in [0.2, 0.25) is 0 Å². The summed E-state index contributed by atoms with van der Waals surface area (Å²) in [5.41, 5.74) is -0.242. The van der Waals surface area contributed by atoms with Crippen molar-refractivity contribution < 1.29 is 4.74 Å². The predicted molar refractivity (Wildman–Crippen MR) is 49.8 cm³/mol. The zero-order valence-electron chi connectivity index (χ0n) is 7.41. The van der Waals surface area contributed by atoms with Crippen LogP contribution in [0.25, 0.3) is 0 Å². The Labute approximate surface area is 81.0 Å². The zero-order chi connectivity index (χ0) is 9.31. The number of ether oxygens (including phenoxy) is 1. The molecule has 1 aromatic rings. The van der Waals surface area contributed by atoms with Crippen LogP contribution < -0.4 is 4.74 Å². The second kappa shape index (κ2) is 3.00. The van der Waals surface area contributed by atoms with Crippen LogP contribution in [0, 0.1) is 11.3 Å². The van der Waals surface area contributed by atoms with E-state index in [4.69, 9.17) is 10.00 Å². The van der Waals surface area contributed by atoms with E-state index in [2.05, 4.69) is 11.1 Å². The minimum atomic E-state index is -0.242. The molecule has 0 spiro atoms. The highest BCUT2D eigenvalue weighted by Crippen LogP contribution is 2.46. The molecule has 0 aliphatic heterocycles. The van der Waals surface area contributed by atoms with E-state index in [-0.39, 0.29) is 5.41 Å². The number of rotatable bonds is 2. The number of thiazole rings is 1. The molecular weight excluding hydrogens is 184 g/mol. The van der Waals surface area contributed by atoms with Crippen LogP contribution in [-0.4, -0.2) is 12.1 Å². The van der Waals surface area contributed by atoms with Crippen molar-refractivity contribution in [2.75, 3.05) is 7.11 Å². The lowest BCUT2D eigenvalue weighted by atomic mass is 9.69. The van der Waals surface area contributed by atoms with Gasteiger partial charge in [-0.15, -0.1) is 0 Å². The summed E-state index contributed by atoms with van der Waals surface area (Å²) in [7, 11) is 1.60. The van der Waals surface area contributed by atoms with Gasteiger partial charge in [0, 0.05) is 11.1 Å². The maximum Gasteiger partial charge on any atom is 0.273 e. The minimum Gasteiger partial charge on any atom is -0.473 e. The Hall–Kier alpha value is -1.08. The summed E-state index contributed by atoms with van der Waals surface area (Å²) < 4.78 is 5.00. The Kier molecular flexibility index (Phi) is 1.97. The Morgan fingerprint density at radius 1 is 1.69 bits per heavy atom. The van der Waals surface area contributed by atoms with Gasteiger partial charge in [-0.05, 0) is 19.3 Å². The fourth-order valence-electron chi connectivity index (χ4n) is 1.52. The van der Waals surface area contributed by atoms with Crippen molar-refractivity contribution in [2.45, 2.75) is 24.7 Å². The smallest absolute Gasteiger partial charge is 0.273 e. The van der Waals surface area contributed by atoms with Gasteiger partial charge < -0.3 is 4.74 Å². The summed E-state index contributed by atoms with van der Waals surface area (Å²) in [5.74, 6) is 0. The van der Waals surface area contributed by atoms with Crippen molar-refractivity contribution in [1.82, 2.24) is 4.98 Å². The molecule has 1 aliphatic carbocycles. The van der Waals surface area contributed by atoms with Gasteiger partial charge in [0.1, 0.15) is 0 Å². The van der Waals surface area contributed by atoms with Gasteiger partial charge in [0.2, 0.25) is 0 Å². The third-order valence-electron chi connectivity index (χ3n) is 2.55. The molecule has 0 atom stereocenters. The SMILES string of the molecule is COc1ncc(C2(C#N)CCC2)s1. The Morgan fingerprint density at radius 2 is 2.46 bits per heavy atom. The quantitative estimate of drug-likeness (QED) is 0.724. The molecule has 1 fully saturated rings. The largest absolute Gasteiger partial charge is 0.473 e. The van der Waals surface area contributed by atoms with E-state index in [9.17, 15) is 0 Å². The first-order valence-electron chi connectivity index (χ1n) is 4.22. The molecule has 1 aromatic heterocycles. The zero-order valence-corrected chi connectivity index (χ0v) is 8.23. The van der Waals surface area contributed by atoms with Crippen molar-refractivity contribution in [3.8, 4) is 11.3 Å². The topological polar surface area (TPSA) is 45.9 Å². The third kappa shape index (κ3) is 1.20. The molecule has 4 heteroatoms. The third-order valence-corrected chi connectivity index (χ3v) is 3.71. The highest BCUT2D eigenvalue weighted by molar-refractivity contribution is 7.13. The molecule has 1 saturated carbocycles. The molecule has 0 radical (unpaired) electrons. The van der Waals surface area contributed by atoms with Crippen LogP contribution >= 0.6 is 11.3 Å². The molecule has 13 heavy (non-hydrogen) atoms. The molecule has 1 heterocycles.